The SMILES string of the molecule is O=C(O)C1CCCCN1C(c1cc(C(F)(F)F)ccc1Cl)c1cccc(Cl)c1Cl. The number of hydrogen-bond acceptors (Lipinski definition) is 2. The highest BCUT2D eigenvalue weighted by Gasteiger charge is 2.38. The van der Waals surface area contributed by atoms with Crippen molar-refractivity contribution in [3.8, 4) is 0 Å². The summed E-state index contributed by atoms with van der Waals surface area (Å²) in [6.07, 6.45) is -2.79. The van der Waals surface area contributed by atoms with Gasteiger partial charge in [-0.1, -0.05) is 53.4 Å². The Morgan fingerprint density at radius 2 is 1.79 bits per heavy atom. The predicted molar refractivity (Wildman–Crippen MR) is 107 cm³/mol. The zero-order chi connectivity index (χ0) is 21.3. The smallest absolute Gasteiger partial charge is 0.416 e. The second-order valence-corrected chi connectivity index (χ2v) is 8.06. The fourth-order valence-electron chi connectivity index (χ4n) is 3.71. The van der Waals surface area contributed by atoms with E-state index >= 15 is 0 Å². The molecule has 0 amide bonds. The molecule has 0 spiro atoms. The molecule has 29 heavy (non-hydrogen) atoms. The molecule has 1 N–H and O–H groups in total. The molecule has 2 unspecified atom stereocenters. The number of rotatable bonds is 4. The minimum atomic E-state index is -4.57. The number of carbonyl (C=O) groups is 1. The molecule has 0 aliphatic carbocycles. The van der Waals surface area contributed by atoms with E-state index in [2.05, 4.69) is 0 Å². The molecule has 0 radical (unpaired) electrons. The Hall–Kier alpha value is -1.47. The lowest BCUT2D eigenvalue weighted by Crippen LogP contribution is -2.47. The van der Waals surface area contributed by atoms with Crippen LogP contribution in [-0.2, 0) is 11.0 Å². The third kappa shape index (κ3) is 4.66. The largest absolute Gasteiger partial charge is 0.480 e. The molecular formula is C20H17Cl3F3NO2. The molecule has 156 valence electrons. The highest BCUT2D eigenvalue weighted by atomic mass is 35.5. The summed E-state index contributed by atoms with van der Waals surface area (Å²) in [5, 5.41) is 10.2. The average Bonchev–Trinajstić information content (AvgIpc) is 2.66. The monoisotopic (exact) mass is 465 g/mol. The first kappa shape index (κ1) is 22.2. The normalized spacial score (nSPS) is 19.2. The lowest BCUT2D eigenvalue weighted by atomic mass is 9.90. The van der Waals surface area contributed by atoms with E-state index in [-0.39, 0.29) is 20.6 Å². The van der Waals surface area contributed by atoms with Gasteiger partial charge < -0.3 is 5.11 Å². The minimum absolute atomic E-state index is 0.0914. The molecule has 3 rings (SSSR count). The van der Waals surface area contributed by atoms with Crippen molar-refractivity contribution < 1.29 is 23.1 Å². The van der Waals surface area contributed by atoms with Crippen molar-refractivity contribution in [3.05, 3.63) is 68.2 Å². The van der Waals surface area contributed by atoms with Crippen LogP contribution >= 0.6 is 34.8 Å². The van der Waals surface area contributed by atoms with Crippen LogP contribution in [0.3, 0.4) is 0 Å². The highest BCUT2D eigenvalue weighted by Crippen LogP contribution is 2.43. The maximum atomic E-state index is 13.4. The van der Waals surface area contributed by atoms with Gasteiger partial charge in [0.1, 0.15) is 6.04 Å². The molecule has 1 aliphatic rings. The van der Waals surface area contributed by atoms with Gasteiger partial charge in [0.25, 0.3) is 0 Å². The van der Waals surface area contributed by atoms with E-state index in [1.54, 1.807) is 23.1 Å². The Morgan fingerprint density at radius 1 is 1.07 bits per heavy atom. The van der Waals surface area contributed by atoms with Gasteiger partial charge in [0.2, 0.25) is 0 Å². The van der Waals surface area contributed by atoms with Gasteiger partial charge >= 0.3 is 12.1 Å². The second-order valence-electron chi connectivity index (χ2n) is 6.87. The summed E-state index contributed by atoms with van der Waals surface area (Å²) in [5.41, 5.74) is -0.323. The summed E-state index contributed by atoms with van der Waals surface area (Å²) < 4.78 is 40.1. The van der Waals surface area contributed by atoms with Crippen LogP contribution in [0.5, 0.6) is 0 Å². The molecule has 0 bridgehead atoms. The molecule has 1 fully saturated rings. The Labute approximate surface area is 181 Å². The first-order valence-electron chi connectivity index (χ1n) is 8.90. The van der Waals surface area contributed by atoms with Gasteiger partial charge in [-0.25, -0.2) is 0 Å². The summed E-state index contributed by atoms with van der Waals surface area (Å²) in [6, 6.07) is 6.06. The highest BCUT2D eigenvalue weighted by molar-refractivity contribution is 6.42. The van der Waals surface area contributed by atoms with E-state index in [1.807, 2.05) is 0 Å². The topological polar surface area (TPSA) is 40.5 Å². The van der Waals surface area contributed by atoms with Crippen molar-refractivity contribution in [2.75, 3.05) is 6.54 Å². The van der Waals surface area contributed by atoms with Gasteiger partial charge in [-0.3, -0.25) is 9.69 Å². The molecule has 0 saturated carbocycles. The van der Waals surface area contributed by atoms with Crippen molar-refractivity contribution >= 4 is 40.8 Å². The van der Waals surface area contributed by atoms with E-state index in [0.717, 1.165) is 12.1 Å². The van der Waals surface area contributed by atoms with Crippen molar-refractivity contribution in [2.24, 2.45) is 0 Å². The molecule has 1 heterocycles. The Kier molecular flexibility index (Phi) is 6.68. The Balaban J connectivity index is 2.24. The van der Waals surface area contributed by atoms with E-state index in [1.165, 1.54) is 6.07 Å². The molecule has 3 nitrogen and oxygen atoms in total. The first-order chi connectivity index (χ1) is 13.6. The van der Waals surface area contributed by atoms with Crippen LogP contribution in [0.15, 0.2) is 36.4 Å². The number of alkyl halides is 3. The standard InChI is InChI=1S/C20H17Cl3F3NO2/c21-14-8-7-11(20(24,25)26)10-13(14)18(12-4-3-5-15(22)17(12)23)27-9-2-1-6-16(27)19(28)29/h3-5,7-8,10,16,18H,1-2,6,9H2,(H,28,29). The first-order valence-corrected chi connectivity index (χ1v) is 10.0. The fourth-order valence-corrected chi connectivity index (χ4v) is 4.35. The van der Waals surface area contributed by atoms with Crippen LogP contribution in [0.2, 0.25) is 15.1 Å². The molecule has 2 aromatic carbocycles. The van der Waals surface area contributed by atoms with E-state index in [9.17, 15) is 23.1 Å². The van der Waals surface area contributed by atoms with Crippen molar-refractivity contribution in [1.29, 1.82) is 0 Å². The summed E-state index contributed by atoms with van der Waals surface area (Å²) in [5.74, 6) is -1.05. The van der Waals surface area contributed by atoms with Crippen molar-refractivity contribution in [3.63, 3.8) is 0 Å². The van der Waals surface area contributed by atoms with Gasteiger partial charge in [0, 0.05) is 5.02 Å². The molecule has 1 saturated heterocycles. The van der Waals surface area contributed by atoms with Crippen LogP contribution < -0.4 is 0 Å². The third-order valence-corrected chi connectivity index (χ3v) is 6.23. The predicted octanol–water partition coefficient (Wildman–Crippen LogP) is 6.69. The number of carboxylic acids is 1. The lowest BCUT2D eigenvalue weighted by Gasteiger charge is -2.40. The molecule has 2 atom stereocenters. The number of carboxylic acid groups (broad SMARTS) is 1. The van der Waals surface area contributed by atoms with Gasteiger partial charge in [-0.15, -0.1) is 0 Å². The van der Waals surface area contributed by atoms with Gasteiger partial charge in [0.15, 0.2) is 0 Å². The number of likely N-dealkylation sites (tertiary alicyclic amines) is 1. The third-order valence-electron chi connectivity index (χ3n) is 5.05. The van der Waals surface area contributed by atoms with E-state index in [0.29, 0.717) is 31.4 Å². The van der Waals surface area contributed by atoms with E-state index in [4.69, 9.17) is 34.8 Å². The maximum absolute atomic E-state index is 13.4. The molecule has 2 aromatic rings. The molecular weight excluding hydrogens is 450 g/mol. The van der Waals surface area contributed by atoms with Gasteiger partial charge in [-0.05, 0) is 54.8 Å². The lowest BCUT2D eigenvalue weighted by molar-refractivity contribution is -0.145. The maximum Gasteiger partial charge on any atom is 0.416 e. The Morgan fingerprint density at radius 3 is 2.45 bits per heavy atom. The van der Waals surface area contributed by atoms with Gasteiger partial charge in [-0.2, -0.15) is 13.2 Å². The van der Waals surface area contributed by atoms with Crippen molar-refractivity contribution in [2.45, 2.75) is 37.5 Å². The number of hydrogen-bond donors (Lipinski definition) is 1. The second kappa shape index (κ2) is 8.72. The minimum Gasteiger partial charge on any atom is -0.480 e. The quantitative estimate of drug-likeness (QED) is 0.545. The summed E-state index contributed by atoms with van der Waals surface area (Å²) in [4.78, 5) is 13.5. The molecule has 1 aliphatic heterocycles. The summed E-state index contributed by atoms with van der Waals surface area (Å²) in [7, 11) is 0. The van der Waals surface area contributed by atoms with Crippen LogP contribution in [0, 0.1) is 0 Å². The zero-order valence-corrected chi connectivity index (χ0v) is 17.3. The zero-order valence-electron chi connectivity index (χ0n) is 15.0. The Bertz CT molecular complexity index is 920. The molecule has 0 aromatic heterocycles. The average molecular weight is 467 g/mol. The number of piperidine rings is 1. The van der Waals surface area contributed by atoms with E-state index < -0.39 is 29.8 Å². The van der Waals surface area contributed by atoms with Crippen molar-refractivity contribution in [1.82, 2.24) is 4.90 Å². The van der Waals surface area contributed by atoms with Crippen LogP contribution in [0.25, 0.3) is 0 Å². The number of benzene rings is 2. The van der Waals surface area contributed by atoms with Crippen LogP contribution in [0.4, 0.5) is 13.2 Å². The fraction of sp³-hybridized carbons (Fsp3) is 0.350. The summed E-state index contributed by atoms with van der Waals surface area (Å²) >= 11 is 18.9. The number of nitrogens with zero attached hydrogens (tertiary/aromatic N) is 1. The number of aliphatic carboxylic acids is 1. The summed E-state index contributed by atoms with van der Waals surface area (Å²) in [6.45, 7) is 0.372. The van der Waals surface area contributed by atoms with Gasteiger partial charge in [0.05, 0.1) is 21.7 Å². The van der Waals surface area contributed by atoms with Crippen LogP contribution in [0.1, 0.15) is 42.0 Å². The number of halogens is 6. The molecule has 9 heteroatoms. The van der Waals surface area contributed by atoms with Crippen LogP contribution in [-0.4, -0.2) is 28.6 Å².